The van der Waals surface area contributed by atoms with Crippen LogP contribution < -0.4 is 5.11 Å². The van der Waals surface area contributed by atoms with Gasteiger partial charge in [0.25, 0.3) is 0 Å². The fourth-order valence-electron chi connectivity index (χ4n) is 0.399. The summed E-state index contributed by atoms with van der Waals surface area (Å²) in [6.07, 6.45) is -4.64. The molecule has 0 atom stereocenters. The molecule has 0 spiro atoms. The van der Waals surface area contributed by atoms with E-state index < -0.39 is 24.7 Å². The first-order valence-corrected chi connectivity index (χ1v) is 2.97. The monoisotopic (exact) mass is 197 g/mol. The fraction of sp³-hybridized carbons (Fsp3) is 0.333. The van der Waals surface area contributed by atoms with Gasteiger partial charge in [0, 0.05) is 18.5 Å². The number of carbonyl (C=O) groups excluding carboxylic acids is 2. The summed E-state index contributed by atoms with van der Waals surface area (Å²) in [5.74, 6) is -3.18. The van der Waals surface area contributed by atoms with Crippen molar-refractivity contribution in [3.8, 4) is 0 Å². The molecule has 0 radical (unpaired) electrons. The maximum absolute atomic E-state index is 11.3. The van der Waals surface area contributed by atoms with Gasteiger partial charge in [-0.1, -0.05) is 6.08 Å². The second-order valence-corrected chi connectivity index (χ2v) is 1.85. The minimum Gasteiger partial charge on any atom is -0.550 e. The normalized spacial score (nSPS) is 11.6. The predicted molar refractivity (Wildman–Crippen MR) is 30.9 cm³/mol. The smallest absolute Gasteiger partial charge is 0.550 e. The standard InChI is InChI=1S/C6H5F3O4/c7-6(8,9)13-5(12)3-1-2-4(10)11/h1,3H,2H2,(H,10,11)/p-1. The third-order valence-corrected chi connectivity index (χ3v) is 0.755. The second kappa shape index (κ2) is 4.48. The van der Waals surface area contributed by atoms with Gasteiger partial charge in [0.1, 0.15) is 0 Å². The first-order valence-electron chi connectivity index (χ1n) is 2.97. The highest BCUT2D eigenvalue weighted by atomic mass is 19.4. The van der Waals surface area contributed by atoms with E-state index in [4.69, 9.17) is 0 Å². The van der Waals surface area contributed by atoms with Gasteiger partial charge in [0.2, 0.25) is 0 Å². The van der Waals surface area contributed by atoms with Crippen molar-refractivity contribution in [3.05, 3.63) is 12.2 Å². The van der Waals surface area contributed by atoms with Crippen LogP contribution in [0.15, 0.2) is 12.2 Å². The summed E-state index contributed by atoms with van der Waals surface area (Å²) in [7, 11) is 0. The van der Waals surface area contributed by atoms with Crippen LogP contribution in [0.2, 0.25) is 0 Å². The van der Waals surface area contributed by atoms with Crippen LogP contribution in [-0.2, 0) is 14.3 Å². The van der Waals surface area contributed by atoms with Gasteiger partial charge >= 0.3 is 12.3 Å². The number of alkyl halides is 3. The maximum atomic E-state index is 11.3. The Balaban J connectivity index is 3.88. The van der Waals surface area contributed by atoms with Gasteiger partial charge in [-0.2, -0.15) is 0 Å². The van der Waals surface area contributed by atoms with Crippen molar-refractivity contribution in [2.24, 2.45) is 0 Å². The summed E-state index contributed by atoms with van der Waals surface area (Å²) >= 11 is 0. The lowest BCUT2D eigenvalue weighted by Crippen LogP contribution is -2.21. The number of carbonyl (C=O) groups is 2. The van der Waals surface area contributed by atoms with Crippen LogP contribution in [-0.4, -0.2) is 18.3 Å². The van der Waals surface area contributed by atoms with Gasteiger partial charge in [-0.3, -0.25) is 0 Å². The molecule has 0 N–H and O–H groups in total. The molecule has 0 bridgehead atoms. The molecule has 0 aromatic carbocycles. The predicted octanol–water partition coefficient (Wildman–Crippen LogP) is -0.254. The number of esters is 1. The van der Waals surface area contributed by atoms with Crippen LogP contribution in [0, 0.1) is 0 Å². The van der Waals surface area contributed by atoms with Crippen molar-refractivity contribution >= 4 is 11.9 Å². The minimum absolute atomic E-state index is 0.364. The number of hydrogen-bond donors (Lipinski definition) is 0. The SMILES string of the molecule is O=C([O-])CC=CC(=O)OC(F)(F)F. The molecular formula is C6H4F3O4-. The summed E-state index contributed by atoms with van der Waals surface area (Å²) in [6, 6.07) is 0. The quantitative estimate of drug-likeness (QED) is 0.462. The van der Waals surface area contributed by atoms with Gasteiger partial charge < -0.3 is 14.6 Å². The highest BCUT2D eigenvalue weighted by Gasteiger charge is 2.32. The topological polar surface area (TPSA) is 66.4 Å². The summed E-state index contributed by atoms with van der Waals surface area (Å²) < 4.78 is 36.7. The Bertz CT molecular complexity index is 231. The van der Waals surface area contributed by atoms with E-state index in [1.807, 2.05) is 0 Å². The highest BCUT2D eigenvalue weighted by molar-refractivity contribution is 5.82. The molecule has 74 valence electrons. The summed E-state index contributed by atoms with van der Waals surface area (Å²) in [5.41, 5.74) is 0. The van der Waals surface area contributed by atoms with Crippen molar-refractivity contribution in [3.63, 3.8) is 0 Å². The molecule has 0 aromatic rings. The molecule has 0 fully saturated rings. The molecule has 0 rings (SSSR count). The maximum Gasteiger partial charge on any atom is 0.575 e. The average Bonchev–Trinajstić information content (AvgIpc) is 1.81. The van der Waals surface area contributed by atoms with Crippen molar-refractivity contribution in [2.45, 2.75) is 12.8 Å². The zero-order valence-electron chi connectivity index (χ0n) is 6.13. The average molecular weight is 197 g/mol. The third kappa shape index (κ3) is 8.38. The van der Waals surface area contributed by atoms with Crippen molar-refractivity contribution in [1.29, 1.82) is 0 Å². The number of rotatable bonds is 3. The molecular weight excluding hydrogens is 193 g/mol. The van der Waals surface area contributed by atoms with Crippen molar-refractivity contribution < 1.29 is 32.6 Å². The van der Waals surface area contributed by atoms with Gasteiger partial charge in [-0.25, -0.2) is 4.79 Å². The summed E-state index contributed by atoms with van der Waals surface area (Å²) in [5, 5.41) is 9.73. The van der Waals surface area contributed by atoms with Gasteiger partial charge in [-0.15, -0.1) is 13.2 Å². The Morgan fingerprint density at radius 3 is 2.31 bits per heavy atom. The van der Waals surface area contributed by atoms with E-state index in [1.54, 1.807) is 0 Å². The van der Waals surface area contributed by atoms with Gasteiger partial charge in [0.05, 0.1) is 0 Å². The summed E-state index contributed by atoms with van der Waals surface area (Å²) in [6.45, 7) is 0. The largest absolute Gasteiger partial charge is 0.575 e. The van der Waals surface area contributed by atoms with E-state index in [0.717, 1.165) is 0 Å². The molecule has 0 aliphatic heterocycles. The molecule has 0 aliphatic rings. The number of ether oxygens (including phenoxy) is 1. The first-order chi connectivity index (χ1) is 5.81. The van der Waals surface area contributed by atoms with Crippen LogP contribution >= 0.6 is 0 Å². The second-order valence-electron chi connectivity index (χ2n) is 1.85. The van der Waals surface area contributed by atoms with E-state index >= 15 is 0 Å². The molecule has 0 aromatic heterocycles. The number of carboxylic acids is 1. The summed E-state index contributed by atoms with van der Waals surface area (Å²) in [4.78, 5) is 19.9. The van der Waals surface area contributed by atoms with Crippen molar-refractivity contribution in [1.82, 2.24) is 0 Å². The lowest BCUT2D eigenvalue weighted by atomic mass is 10.4. The van der Waals surface area contributed by atoms with E-state index in [0.29, 0.717) is 12.2 Å². The molecule has 4 nitrogen and oxygen atoms in total. The van der Waals surface area contributed by atoms with E-state index in [-0.39, 0.29) is 0 Å². The van der Waals surface area contributed by atoms with E-state index in [2.05, 4.69) is 4.74 Å². The zero-order valence-corrected chi connectivity index (χ0v) is 6.13. The minimum atomic E-state index is -5.05. The Kier molecular flexibility index (Phi) is 3.96. The van der Waals surface area contributed by atoms with E-state index in [9.17, 15) is 27.9 Å². The first kappa shape index (κ1) is 11.5. The van der Waals surface area contributed by atoms with Crippen molar-refractivity contribution in [2.75, 3.05) is 0 Å². The molecule has 0 saturated carbocycles. The van der Waals surface area contributed by atoms with Crippen LogP contribution in [0.3, 0.4) is 0 Å². The Labute approximate surface area is 70.6 Å². The number of hydrogen-bond acceptors (Lipinski definition) is 4. The number of carboxylic acid groups (broad SMARTS) is 1. The van der Waals surface area contributed by atoms with Crippen LogP contribution in [0.4, 0.5) is 13.2 Å². The number of halogens is 3. The zero-order chi connectivity index (χ0) is 10.5. The molecule has 0 aliphatic carbocycles. The van der Waals surface area contributed by atoms with Gasteiger partial charge in [0.15, 0.2) is 0 Å². The fourth-order valence-corrected chi connectivity index (χ4v) is 0.399. The Morgan fingerprint density at radius 1 is 1.38 bits per heavy atom. The molecule has 0 amide bonds. The van der Waals surface area contributed by atoms with Crippen LogP contribution in [0.25, 0.3) is 0 Å². The Hall–Kier alpha value is -1.53. The lowest BCUT2D eigenvalue weighted by molar-refractivity contribution is -0.304. The molecule has 0 unspecified atom stereocenters. The third-order valence-electron chi connectivity index (χ3n) is 0.755. The van der Waals surface area contributed by atoms with Gasteiger partial charge in [-0.05, 0) is 0 Å². The molecule has 13 heavy (non-hydrogen) atoms. The number of aliphatic carboxylic acids is 1. The van der Waals surface area contributed by atoms with Crippen LogP contribution in [0.1, 0.15) is 6.42 Å². The molecule has 0 saturated heterocycles. The molecule has 7 heteroatoms. The highest BCUT2D eigenvalue weighted by Crippen LogP contribution is 2.16. The lowest BCUT2D eigenvalue weighted by Gasteiger charge is -2.03. The van der Waals surface area contributed by atoms with E-state index in [1.165, 1.54) is 0 Å². The van der Waals surface area contributed by atoms with Crippen LogP contribution in [0.5, 0.6) is 0 Å². The molecule has 0 heterocycles. The Morgan fingerprint density at radius 2 is 1.92 bits per heavy atom.